The van der Waals surface area contributed by atoms with Gasteiger partial charge in [-0.05, 0) is 12.1 Å². The van der Waals surface area contributed by atoms with Crippen LogP contribution in [0.2, 0.25) is 20.1 Å². The van der Waals surface area contributed by atoms with Crippen molar-refractivity contribution in [3.63, 3.8) is 0 Å². The van der Waals surface area contributed by atoms with Crippen LogP contribution in [0.25, 0.3) is 11.1 Å². The lowest BCUT2D eigenvalue weighted by Crippen LogP contribution is -1.82. The van der Waals surface area contributed by atoms with Crippen LogP contribution < -0.4 is 0 Å². The minimum Gasteiger partial charge on any atom is -0.0827 e. The molecule has 0 unspecified atom stereocenters. The van der Waals surface area contributed by atoms with Crippen molar-refractivity contribution in [2.45, 2.75) is 0 Å². The van der Waals surface area contributed by atoms with E-state index >= 15 is 0 Å². The average Bonchev–Trinajstić information content (AvgIpc) is 2.27. The number of benzene rings is 2. The number of rotatable bonds is 1. The highest BCUT2D eigenvalue weighted by atomic mass is 35.5. The lowest BCUT2D eigenvalue weighted by molar-refractivity contribution is 1.61. The summed E-state index contributed by atoms with van der Waals surface area (Å²) in [5, 5.41) is 1.95. The molecule has 2 aromatic carbocycles. The molecule has 0 aromatic heterocycles. The fraction of sp³-hybridized carbons (Fsp3) is 0. The smallest absolute Gasteiger partial charge is 0.0671 e. The first-order chi connectivity index (χ1) is 7.61. The van der Waals surface area contributed by atoms with E-state index in [1.165, 1.54) is 0 Å². The topological polar surface area (TPSA) is 0 Å². The van der Waals surface area contributed by atoms with E-state index in [0.29, 0.717) is 20.1 Å². The maximum Gasteiger partial charge on any atom is 0.0671 e. The molecule has 0 aliphatic rings. The Morgan fingerprint density at radius 3 is 1.31 bits per heavy atom. The van der Waals surface area contributed by atoms with Gasteiger partial charge >= 0.3 is 0 Å². The van der Waals surface area contributed by atoms with Crippen LogP contribution in [0.4, 0.5) is 0 Å². The first kappa shape index (κ1) is 12.1. The minimum atomic E-state index is 0.480. The number of halogens is 4. The van der Waals surface area contributed by atoms with Gasteiger partial charge in [0.1, 0.15) is 0 Å². The first-order valence-electron chi connectivity index (χ1n) is 4.49. The third kappa shape index (κ3) is 2.16. The Balaban J connectivity index is 2.68. The van der Waals surface area contributed by atoms with Crippen molar-refractivity contribution in [2.75, 3.05) is 0 Å². The number of hydrogen-bond donors (Lipinski definition) is 0. The van der Waals surface area contributed by atoms with E-state index in [2.05, 4.69) is 0 Å². The Morgan fingerprint density at radius 2 is 0.938 bits per heavy atom. The van der Waals surface area contributed by atoms with E-state index in [-0.39, 0.29) is 0 Å². The fourth-order valence-corrected chi connectivity index (χ4v) is 2.23. The molecule has 16 heavy (non-hydrogen) atoms. The summed E-state index contributed by atoms with van der Waals surface area (Å²) in [6, 6.07) is 10.8. The molecular formula is C12H6Cl4. The Bertz CT molecular complexity index is 485. The predicted octanol–water partition coefficient (Wildman–Crippen LogP) is 5.97. The van der Waals surface area contributed by atoms with Crippen LogP contribution in [0, 0.1) is 0 Å². The molecule has 0 bridgehead atoms. The molecule has 0 atom stereocenters. The van der Waals surface area contributed by atoms with Gasteiger partial charge < -0.3 is 0 Å². The molecule has 4 heteroatoms. The van der Waals surface area contributed by atoms with Crippen molar-refractivity contribution >= 4 is 46.4 Å². The lowest BCUT2D eigenvalue weighted by atomic mass is 10.1. The summed E-state index contributed by atoms with van der Waals surface area (Å²) in [5.74, 6) is 0. The van der Waals surface area contributed by atoms with Crippen LogP contribution in [-0.4, -0.2) is 0 Å². The zero-order chi connectivity index (χ0) is 11.7. The van der Waals surface area contributed by atoms with Gasteiger partial charge in [0.15, 0.2) is 0 Å². The van der Waals surface area contributed by atoms with Gasteiger partial charge in [0.05, 0.1) is 20.1 Å². The second-order valence-corrected chi connectivity index (χ2v) is 4.77. The molecule has 0 amide bonds. The molecule has 0 radical (unpaired) electrons. The summed E-state index contributed by atoms with van der Waals surface area (Å²) in [4.78, 5) is 0. The Hall–Kier alpha value is -0.400. The molecule has 0 fully saturated rings. The molecule has 0 saturated carbocycles. The second kappa shape index (κ2) is 4.85. The highest BCUT2D eigenvalue weighted by molar-refractivity contribution is 6.46. The Morgan fingerprint density at radius 1 is 0.562 bits per heavy atom. The summed E-state index contributed by atoms with van der Waals surface area (Å²) in [7, 11) is 0. The normalized spacial score (nSPS) is 10.5. The van der Waals surface area contributed by atoms with Gasteiger partial charge in [-0.1, -0.05) is 70.7 Å². The quantitative estimate of drug-likeness (QED) is 0.607. The first-order valence-corrected chi connectivity index (χ1v) is 6.01. The highest BCUT2D eigenvalue weighted by Crippen LogP contribution is 2.39. The van der Waals surface area contributed by atoms with E-state index in [1.54, 1.807) is 12.1 Å². The Labute approximate surface area is 114 Å². The monoisotopic (exact) mass is 290 g/mol. The molecular weight excluding hydrogens is 286 g/mol. The van der Waals surface area contributed by atoms with Crippen LogP contribution >= 0.6 is 46.4 Å². The molecule has 0 heterocycles. The SMILES string of the molecule is Clc1cccc(-c2cccc(Cl)c2Cl)c1Cl. The van der Waals surface area contributed by atoms with Gasteiger partial charge in [0.2, 0.25) is 0 Å². The summed E-state index contributed by atoms with van der Waals surface area (Å²) in [6.07, 6.45) is 0. The summed E-state index contributed by atoms with van der Waals surface area (Å²) in [5.41, 5.74) is 1.56. The van der Waals surface area contributed by atoms with E-state index in [0.717, 1.165) is 11.1 Å². The third-order valence-electron chi connectivity index (χ3n) is 2.19. The number of hydrogen-bond acceptors (Lipinski definition) is 0. The zero-order valence-corrected chi connectivity index (χ0v) is 11.0. The van der Waals surface area contributed by atoms with Gasteiger partial charge in [0, 0.05) is 11.1 Å². The maximum atomic E-state index is 6.12. The largest absolute Gasteiger partial charge is 0.0827 e. The average molecular weight is 292 g/mol. The predicted molar refractivity (Wildman–Crippen MR) is 71.9 cm³/mol. The minimum absolute atomic E-state index is 0.480. The van der Waals surface area contributed by atoms with Gasteiger partial charge in [-0.15, -0.1) is 0 Å². The van der Waals surface area contributed by atoms with Crippen LogP contribution in [0.5, 0.6) is 0 Å². The van der Waals surface area contributed by atoms with Crippen LogP contribution in [0.1, 0.15) is 0 Å². The standard InChI is InChI=1S/C12H6Cl4/c13-9-5-1-3-7(11(9)15)8-4-2-6-10(14)12(8)16/h1-6H. The zero-order valence-electron chi connectivity index (χ0n) is 7.98. The highest BCUT2D eigenvalue weighted by Gasteiger charge is 2.11. The lowest BCUT2D eigenvalue weighted by Gasteiger charge is -2.08. The summed E-state index contributed by atoms with van der Waals surface area (Å²) >= 11 is 24.1. The Kier molecular flexibility index (Phi) is 3.66. The van der Waals surface area contributed by atoms with E-state index in [9.17, 15) is 0 Å². The molecule has 82 valence electrons. The van der Waals surface area contributed by atoms with Gasteiger partial charge in [-0.2, -0.15) is 0 Å². The summed E-state index contributed by atoms with van der Waals surface area (Å²) in [6.45, 7) is 0. The second-order valence-electron chi connectivity index (χ2n) is 3.20. The fourth-order valence-electron chi connectivity index (χ4n) is 1.42. The van der Waals surface area contributed by atoms with Crippen LogP contribution in [0.15, 0.2) is 36.4 Å². The molecule has 0 N–H and O–H groups in total. The van der Waals surface area contributed by atoms with Gasteiger partial charge in [-0.3, -0.25) is 0 Å². The van der Waals surface area contributed by atoms with Crippen molar-refractivity contribution in [1.82, 2.24) is 0 Å². The maximum absolute atomic E-state index is 6.12. The molecule has 0 nitrogen and oxygen atoms in total. The van der Waals surface area contributed by atoms with Crippen molar-refractivity contribution in [2.24, 2.45) is 0 Å². The molecule has 2 rings (SSSR count). The molecule has 2 aromatic rings. The molecule has 0 aliphatic heterocycles. The van der Waals surface area contributed by atoms with Crippen molar-refractivity contribution in [1.29, 1.82) is 0 Å². The van der Waals surface area contributed by atoms with Gasteiger partial charge in [-0.25, -0.2) is 0 Å². The van der Waals surface area contributed by atoms with E-state index in [4.69, 9.17) is 46.4 Å². The molecule has 0 spiro atoms. The van der Waals surface area contributed by atoms with Crippen molar-refractivity contribution < 1.29 is 0 Å². The van der Waals surface area contributed by atoms with Crippen molar-refractivity contribution in [3.05, 3.63) is 56.5 Å². The summed E-state index contributed by atoms with van der Waals surface area (Å²) < 4.78 is 0. The molecule has 0 saturated heterocycles. The van der Waals surface area contributed by atoms with Gasteiger partial charge in [0.25, 0.3) is 0 Å². The molecule has 0 aliphatic carbocycles. The third-order valence-corrected chi connectivity index (χ3v) is 3.83. The van der Waals surface area contributed by atoms with Crippen LogP contribution in [0.3, 0.4) is 0 Å². The van der Waals surface area contributed by atoms with Crippen LogP contribution in [-0.2, 0) is 0 Å². The van der Waals surface area contributed by atoms with E-state index in [1.807, 2.05) is 24.3 Å². The van der Waals surface area contributed by atoms with Crippen molar-refractivity contribution in [3.8, 4) is 11.1 Å². The van der Waals surface area contributed by atoms with E-state index < -0.39 is 0 Å².